The van der Waals surface area contributed by atoms with Crippen molar-refractivity contribution in [1.82, 2.24) is 4.98 Å². The van der Waals surface area contributed by atoms with Gasteiger partial charge >= 0.3 is 0 Å². The number of pyridine rings is 1. The van der Waals surface area contributed by atoms with Gasteiger partial charge in [0.25, 0.3) is 0 Å². The third kappa shape index (κ3) is 3.00. The first-order valence-electron chi connectivity index (χ1n) is 7.18. The van der Waals surface area contributed by atoms with Crippen LogP contribution in [0.2, 0.25) is 0 Å². The van der Waals surface area contributed by atoms with Crippen LogP contribution in [0.1, 0.15) is 35.0 Å². The van der Waals surface area contributed by atoms with Gasteiger partial charge in [-0.1, -0.05) is 6.07 Å². The number of aromatic nitrogens is 1. The fraction of sp³-hybridized carbons (Fsp3) is 0.353. The molecule has 0 radical (unpaired) electrons. The van der Waals surface area contributed by atoms with Gasteiger partial charge in [-0.15, -0.1) is 0 Å². The Hall–Kier alpha value is -2.07. The smallest absolute Gasteiger partial charge is 0.130 e. The van der Waals surface area contributed by atoms with Crippen LogP contribution in [0.4, 0.5) is 0 Å². The van der Waals surface area contributed by atoms with E-state index < -0.39 is 0 Å². The van der Waals surface area contributed by atoms with Gasteiger partial charge in [0, 0.05) is 23.9 Å². The van der Waals surface area contributed by atoms with Gasteiger partial charge in [-0.3, -0.25) is 4.98 Å². The molecule has 4 nitrogen and oxygen atoms in total. The predicted octanol–water partition coefficient (Wildman–Crippen LogP) is 2.92. The molecule has 3 rings (SSSR count). The maximum atomic E-state index is 6.05. The fourth-order valence-electron chi connectivity index (χ4n) is 2.77. The van der Waals surface area contributed by atoms with Crippen LogP contribution in [0.3, 0.4) is 0 Å². The molecule has 0 unspecified atom stereocenters. The van der Waals surface area contributed by atoms with Gasteiger partial charge in [0.05, 0.1) is 12.8 Å². The average Bonchev–Trinajstić information content (AvgIpc) is 2.85. The van der Waals surface area contributed by atoms with E-state index in [-0.39, 0.29) is 6.04 Å². The molecule has 21 heavy (non-hydrogen) atoms. The Balaban J connectivity index is 1.72. The molecule has 1 aliphatic carbocycles. The number of benzene rings is 1. The number of aryl methyl sites for hydroxylation is 2. The maximum Gasteiger partial charge on any atom is 0.130 e. The molecule has 2 N–H and O–H groups in total. The first-order chi connectivity index (χ1) is 10.2. The van der Waals surface area contributed by atoms with Gasteiger partial charge < -0.3 is 15.2 Å². The zero-order valence-electron chi connectivity index (χ0n) is 12.4. The molecular formula is C17H20N2O2. The first-order valence-corrected chi connectivity index (χ1v) is 7.18. The van der Waals surface area contributed by atoms with E-state index >= 15 is 0 Å². The number of hydrogen-bond donors (Lipinski definition) is 1. The van der Waals surface area contributed by atoms with E-state index in [4.69, 9.17) is 15.2 Å². The monoisotopic (exact) mass is 284 g/mol. The minimum Gasteiger partial charge on any atom is -0.497 e. The normalized spacial score (nSPS) is 16.6. The zero-order valence-corrected chi connectivity index (χ0v) is 12.4. The third-order valence-electron chi connectivity index (χ3n) is 3.84. The van der Waals surface area contributed by atoms with Crippen LogP contribution in [-0.2, 0) is 13.0 Å². The number of fused-ring (bicyclic) bond motifs is 1. The number of methoxy groups -OCH3 is 1. The van der Waals surface area contributed by atoms with Gasteiger partial charge in [0.1, 0.15) is 18.1 Å². The van der Waals surface area contributed by atoms with E-state index in [0.29, 0.717) is 6.61 Å². The zero-order chi connectivity index (χ0) is 14.8. The maximum absolute atomic E-state index is 6.05. The largest absolute Gasteiger partial charge is 0.497 e. The van der Waals surface area contributed by atoms with Gasteiger partial charge in [-0.05, 0) is 43.0 Å². The molecule has 0 saturated carbocycles. The van der Waals surface area contributed by atoms with Crippen molar-refractivity contribution in [2.75, 3.05) is 7.11 Å². The van der Waals surface area contributed by atoms with Gasteiger partial charge in [-0.25, -0.2) is 0 Å². The quantitative estimate of drug-likeness (QED) is 0.938. The lowest BCUT2D eigenvalue weighted by Gasteiger charge is -2.10. The number of rotatable bonds is 4. The van der Waals surface area contributed by atoms with Crippen molar-refractivity contribution in [2.45, 2.75) is 32.4 Å². The van der Waals surface area contributed by atoms with Crippen LogP contribution in [0, 0.1) is 6.92 Å². The Morgan fingerprint density at radius 2 is 2.10 bits per heavy atom. The Labute approximate surface area is 124 Å². The van der Waals surface area contributed by atoms with E-state index in [1.165, 1.54) is 11.1 Å². The fourth-order valence-corrected chi connectivity index (χ4v) is 2.77. The summed E-state index contributed by atoms with van der Waals surface area (Å²) in [5.41, 5.74) is 10.4. The Morgan fingerprint density at radius 1 is 1.24 bits per heavy atom. The standard InChI is InChI=1S/C17H20N2O2/c1-11-7-15(20-2)9-13(19-11)10-21-14-4-5-16-12(8-14)3-6-17(16)18/h4-5,7-9,17H,3,6,10,18H2,1-2H3/t17-/m0/s1. The SMILES string of the molecule is COc1cc(C)nc(COc2ccc3c(c2)CC[C@@H]3N)c1. The highest BCUT2D eigenvalue weighted by molar-refractivity contribution is 5.40. The Bertz CT molecular complexity index is 655. The molecule has 1 aromatic heterocycles. The number of nitrogens with zero attached hydrogens (tertiary/aromatic N) is 1. The molecule has 1 heterocycles. The molecule has 0 fully saturated rings. The summed E-state index contributed by atoms with van der Waals surface area (Å²) in [4.78, 5) is 4.46. The highest BCUT2D eigenvalue weighted by Gasteiger charge is 2.19. The Morgan fingerprint density at radius 3 is 2.90 bits per heavy atom. The summed E-state index contributed by atoms with van der Waals surface area (Å²) in [6.45, 7) is 2.38. The van der Waals surface area contributed by atoms with E-state index in [1.54, 1.807) is 7.11 Å². The minimum atomic E-state index is 0.178. The third-order valence-corrected chi connectivity index (χ3v) is 3.84. The van der Waals surface area contributed by atoms with E-state index in [9.17, 15) is 0 Å². The van der Waals surface area contributed by atoms with Gasteiger partial charge in [0.2, 0.25) is 0 Å². The first kappa shape index (κ1) is 13.9. The van der Waals surface area contributed by atoms with Crippen molar-refractivity contribution in [1.29, 1.82) is 0 Å². The molecule has 1 atom stereocenters. The lowest BCUT2D eigenvalue weighted by molar-refractivity contribution is 0.299. The van der Waals surface area contributed by atoms with Crippen molar-refractivity contribution < 1.29 is 9.47 Å². The second kappa shape index (κ2) is 5.74. The van der Waals surface area contributed by atoms with Gasteiger partial charge in [0.15, 0.2) is 0 Å². The second-order valence-electron chi connectivity index (χ2n) is 5.43. The summed E-state index contributed by atoms with van der Waals surface area (Å²) in [5.74, 6) is 1.67. The molecule has 0 aliphatic heterocycles. The van der Waals surface area contributed by atoms with Crippen LogP contribution in [0.15, 0.2) is 30.3 Å². The topological polar surface area (TPSA) is 57.4 Å². The van der Waals surface area contributed by atoms with E-state index in [0.717, 1.165) is 35.7 Å². The number of hydrogen-bond acceptors (Lipinski definition) is 4. The second-order valence-corrected chi connectivity index (χ2v) is 5.43. The number of ether oxygens (including phenoxy) is 2. The van der Waals surface area contributed by atoms with Crippen LogP contribution < -0.4 is 15.2 Å². The predicted molar refractivity (Wildman–Crippen MR) is 81.5 cm³/mol. The average molecular weight is 284 g/mol. The van der Waals surface area contributed by atoms with Crippen molar-refractivity contribution in [3.8, 4) is 11.5 Å². The van der Waals surface area contributed by atoms with E-state index in [1.807, 2.05) is 25.1 Å². The minimum absolute atomic E-state index is 0.178. The van der Waals surface area contributed by atoms with Crippen LogP contribution in [-0.4, -0.2) is 12.1 Å². The lowest BCUT2D eigenvalue weighted by atomic mass is 10.1. The molecule has 2 aromatic rings. The molecule has 0 amide bonds. The highest BCUT2D eigenvalue weighted by Crippen LogP contribution is 2.32. The highest BCUT2D eigenvalue weighted by atomic mass is 16.5. The summed E-state index contributed by atoms with van der Waals surface area (Å²) in [5, 5.41) is 0. The summed E-state index contributed by atoms with van der Waals surface area (Å²) in [6.07, 6.45) is 2.06. The number of nitrogens with two attached hydrogens (primary N) is 1. The van der Waals surface area contributed by atoms with E-state index in [2.05, 4.69) is 17.1 Å². The molecule has 110 valence electrons. The van der Waals surface area contributed by atoms with Crippen molar-refractivity contribution in [3.63, 3.8) is 0 Å². The van der Waals surface area contributed by atoms with Crippen molar-refractivity contribution in [2.24, 2.45) is 5.73 Å². The molecular weight excluding hydrogens is 264 g/mol. The van der Waals surface area contributed by atoms with Crippen LogP contribution in [0.25, 0.3) is 0 Å². The molecule has 1 aliphatic rings. The van der Waals surface area contributed by atoms with Crippen molar-refractivity contribution in [3.05, 3.63) is 52.8 Å². The summed E-state index contributed by atoms with van der Waals surface area (Å²) >= 11 is 0. The Kier molecular flexibility index (Phi) is 3.80. The molecule has 4 heteroatoms. The van der Waals surface area contributed by atoms with Gasteiger partial charge in [-0.2, -0.15) is 0 Å². The summed E-state index contributed by atoms with van der Waals surface area (Å²) < 4.78 is 11.1. The molecule has 0 bridgehead atoms. The summed E-state index contributed by atoms with van der Waals surface area (Å²) in [7, 11) is 1.66. The lowest BCUT2D eigenvalue weighted by Crippen LogP contribution is -2.05. The van der Waals surface area contributed by atoms with Crippen molar-refractivity contribution >= 4 is 0 Å². The molecule has 0 spiro atoms. The molecule has 1 aromatic carbocycles. The molecule has 0 saturated heterocycles. The van der Waals surface area contributed by atoms with Crippen LogP contribution in [0.5, 0.6) is 11.5 Å². The summed E-state index contributed by atoms with van der Waals surface area (Å²) in [6, 6.07) is 10.1. The van der Waals surface area contributed by atoms with Crippen LogP contribution >= 0.6 is 0 Å².